The zero-order valence-corrected chi connectivity index (χ0v) is 12.0. The number of aliphatic hydroxyl groups is 1. The van der Waals surface area contributed by atoms with Crippen molar-refractivity contribution in [3.05, 3.63) is 0 Å². The standard InChI is InChI=1S/C15H24O5/c1-19-15(18)5-3-2-4-12-7-10-6-11(9-16)13(17)8-14(10)20-12/h9-14,17H,2-8H2,1H3. The Hall–Kier alpha value is -0.940. The number of carbonyl (C=O) groups excluding carboxylic acids is 2. The highest BCUT2D eigenvalue weighted by atomic mass is 16.5. The summed E-state index contributed by atoms with van der Waals surface area (Å²) in [5.74, 6) is 0.0140. The molecule has 1 heterocycles. The maximum absolute atomic E-state index is 11.0. The van der Waals surface area contributed by atoms with E-state index in [1.807, 2.05) is 0 Å². The minimum atomic E-state index is -0.549. The van der Waals surface area contributed by atoms with Crippen LogP contribution in [-0.2, 0) is 19.1 Å². The summed E-state index contributed by atoms with van der Waals surface area (Å²) in [7, 11) is 1.40. The van der Waals surface area contributed by atoms with Crippen LogP contribution in [0.3, 0.4) is 0 Å². The van der Waals surface area contributed by atoms with E-state index in [1.54, 1.807) is 0 Å². The van der Waals surface area contributed by atoms with Crippen LogP contribution in [0.25, 0.3) is 0 Å². The van der Waals surface area contributed by atoms with Crippen LogP contribution in [0.15, 0.2) is 0 Å². The number of carbonyl (C=O) groups is 2. The van der Waals surface area contributed by atoms with Crippen LogP contribution in [0.4, 0.5) is 0 Å². The fourth-order valence-electron chi connectivity index (χ4n) is 3.39. The zero-order valence-electron chi connectivity index (χ0n) is 12.0. The number of methoxy groups -OCH3 is 1. The van der Waals surface area contributed by atoms with Gasteiger partial charge in [-0.25, -0.2) is 0 Å². The van der Waals surface area contributed by atoms with Gasteiger partial charge in [-0.05, 0) is 31.6 Å². The Kier molecular flexibility index (Phi) is 5.54. The topological polar surface area (TPSA) is 72.8 Å². The molecule has 20 heavy (non-hydrogen) atoms. The van der Waals surface area contributed by atoms with Gasteiger partial charge in [0.15, 0.2) is 0 Å². The Labute approximate surface area is 119 Å². The van der Waals surface area contributed by atoms with E-state index in [9.17, 15) is 14.7 Å². The van der Waals surface area contributed by atoms with Gasteiger partial charge in [-0.1, -0.05) is 6.42 Å². The fraction of sp³-hybridized carbons (Fsp3) is 0.867. The van der Waals surface area contributed by atoms with E-state index in [4.69, 9.17) is 4.74 Å². The van der Waals surface area contributed by atoms with Gasteiger partial charge in [0.2, 0.25) is 0 Å². The number of aldehydes is 1. The van der Waals surface area contributed by atoms with E-state index in [0.29, 0.717) is 18.8 Å². The SMILES string of the molecule is COC(=O)CCCCC1CC2CC(C=O)C(O)CC2O1. The number of rotatable bonds is 6. The molecule has 2 fully saturated rings. The maximum atomic E-state index is 11.0. The predicted molar refractivity (Wildman–Crippen MR) is 72.0 cm³/mol. The molecule has 0 aromatic rings. The van der Waals surface area contributed by atoms with Gasteiger partial charge in [-0.15, -0.1) is 0 Å². The number of unbranched alkanes of at least 4 members (excludes halogenated alkanes) is 1. The molecule has 1 aliphatic carbocycles. The van der Waals surface area contributed by atoms with Crippen molar-refractivity contribution < 1.29 is 24.2 Å². The third-order valence-corrected chi connectivity index (χ3v) is 4.56. The first kappa shape index (κ1) is 15.4. The first-order valence-corrected chi connectivity index (χ1v) is 7.49. The molecule has 0 amide bonds. The summed E-state index contributed by atoms with van der Waals surface area (Å²) < 4.78 is 10.6. The second-order valence-corrected chi connectivity index (χ2v) is 5.95. The maximum Gasteiger partial charge on any atom is 0.305 e. The van der Waals surface area contributed by atoms with Crippen molar-refractivity contribution in [1.29, 1.82) is 0 Å². The van der Waals surface area contributed by atoms with E-state index >= 15 is 0 Å². The molecule has 5 atom stereocenters. The third kappa shape index (κ3) is 3.79. The van der Waals surface area contributed by atoms with Gasteiger partial charge in [0, 0.05) is 18.8 Å². The molecule has 1 N–H and O–H groups in total. The van der Waals surface area contributed by atoms with Crippen molar-refractivity contribution in [2.75, 3.05) is 7.11 Å². The van der Waals surface area contributed by atoms with Gasteiger partial charge < -0.3 is 19.4 Å². The lowest BCUT2D eigenvalue weighted by Gasteiger charge is -2.31. The first-order chi connectivity index (χ1) is 9.63. The average Bonchev–Trinajstić information content (AvgIpc) is 2.83. The van der Waals surface area contributed by atoms with Crippen molar-refractivity contribution in [3.8, 4) is 0 Å². The van der Waals surface area contributed by atoms with Crippen LogP contribution in [0, 0.1) is 11.8 Å². The summed E-state index contributed by atoms with van der Waals surface area (Å²) in [5.41, 5.74) is 0. The molecule has 0 aromatic heterocycles. The highest BCUT2D eigenvalue weighted by Crippen LogP contribution is 2.40. The monoisotopic (exact) mass is 284 g/mol. The van der Waals surface area contributed by atoms with Gasteiger partial charge in [-0.2, -0.15) is 0 Å². The van der Waals surface area contributed by atoms with Crippen LogP contribution < -0.4 is 0 Å². The molecular formula is C15H24O5. The zero-order chi connectivity index (χ0) is 14.5. The highest BCUT2D eigenvalue weighted by Gasteiger charge is 2.42. The normalized spacial score (nSPS) is 36.4. The first-order valence-electron chi connectivity index (χ1n) is 7.49. The van der Waals surface area contributed by atoms with Gasteiger partial charge in [0.25, 0.3) is 0 Å². The Bertz CT molecular complexity index is 343. The van der Waals surface area contributed by atoms with Crippen LogP contribution in [-0.4, -0.2) is 42.8 Å². The Morgan fingerprint density at radius 3 is 2.85 bits per heavy atom. The number of ether oxygens (including phenoxy) is 2. The molecule has 0 spiro atoms. The van der Waals surface area contributed by atoms with Crippen LogP contribution in [0.1, 0.15) is 44.9 Å². The summed E-state index contributed by atoms with van der Waals surface area (Å²) in [4.78, 5) is 21.9. The summed E-state index contributed by atoms with van der Waals surface area (Å²) in [6.07, 6.45) is 6.10. The lowest BCUT2D eigenvalue weighted by Crippen LogP contribution is -2.37. The van der Waals surface area contributed by atoms with E-state index in [2.05, 4.69) is 4.74 Å². The summed E-state index contributed by atoms with van der Waals surface area (Å²) in [6, 6.07) is 0. The Morgan fingerprint density at radius 1 is 1.35 bits per heavy atom. The lowest BCUT2D eigenvalue weighted by molar-refractivity contribution is -0.140. The summed E-state index contributed by atoms with van der Waals surface area (Å²) in [6.45, 7) is 0. The molecule has 114 valence electrons. The molecule has 1 saturated heterocycles. The van der Waals surface area contributed by atoms with Crippen molar-refractivity contribution in [2.24, 2.45) is 11.8 Å². The van der Waals surface area contributed by atoms with E-state index in [0.717, 1.165) is 38.4 Å². The van der Waals surface area contributed by atoms with Gasteiger partial charge in [0.05, 0.1) is 25.4 Å². The minimum Gasteiger partial charge on any atom is -0.469 e. The molecule has 0 aromatic carbocycles. The largest absolute Gasteiger partial charge is 0.469 e. The van der Waals surface area contributed by atoms with Crippen molar-refractivity contribution >= 4 is 12.3 Å². The minimum absolute atomic E-state index is 0.104. The molecule has 5 nitrogen and oxygen atoms in total. The molecule has 2 aliphatic rings. The molecule has 2 rings (SSSR count). The number of esters is 1. The lowest BCUT2D eigenvalue weighted by atomic mass is 9.77. The van der Waals surface area contributed by atoms with Crippen molar-refractivity contribution in [2.45, 2.75) is 63.3 Å². The van der Waals surface area contributed by atoms with Gasteiger partial charge in [0.1, 0.15) is 6.29 Å². The number of hydrogen-bond donors (Lipinski definition) is 1. The number of fused-ring (bicyclic) bond motifs is 1. The molecule has 1 aliphatic heterocycles. The van der Waals surface area contributed by atoms with Crippen molar-refractivity contribution in [1.82, 2.24) is 0 Å². The van der Waals surface area contributed by atoms with Gasteiger partial charge >= 0.3 is 5.97 Å². The molecule has 5 heteroatoms. The predicted octanol–water partition coefficient (Wildman–Crippen LogP) is 1.46. The fourth-order valence-corrected chi connectivity index (χ4v) is 3.39. The average molecular weight is 284 g/mol. The summed E-state index contributed by atoms with van der Waals surface area (Å²) >= 11 is 0. The number of hydrogen-bond acceptors (Lipinski definition) is 5. The molecular weight excluding hydrogens is 260 g/mol. The Morgan fingerprint density at radius 2 is 2.15 bits per heavy atom. The highest BCUT2D eigenvalue weighted by molar-refractivity contribution is 5.68. The van der Waals surface area contributed by atoms with E-state index < -0.39 is 6.10 Å². The Balaban J connectivity index is 1.70. The second kappa shape index (κ2) is 7.18. The molecule has 0 bridgehead atoms. The number of aliphatic hydroxyl groups excluding tert-OH is 1. The smallest absolute Gasteiger partial charge is 0.305 e. The van der Waals surface area contributed by atoms with E-state index in [-0.39, 0.29) is 24.1 Å². The van der Waals surface area contributed by atoms with Crippen molar-refractivity contribution in [3.63, 3.8) is 0 Å². The second-order valence-electron chi connectivity index (χ2n) is 5.95. The molecule has 5 unspecified atom stereocenters. The quantitative estimate of drug-likeness (QED) is 0.454. The van der Waals surface area contributed by atoms with Crippen LogP contribution in [0.2, 0.25) is 0 Å². The molecule has 0 radical (unpaired) electrons. The van der Waals surface area contributed by atoms with Crippen LogP contribution in [0.5, 0.6) is 0 Å². The third-order valence-electron chi connectivity index (χ3n) is 4.56. The van der Waals surface area contributed by atoms with Gasteiger partial charge in [-0.3, -0.25) is 4.79 Å². The molecule has 1 saturated carbocycles. The van der Waals surface area contributed by atoms with Crippen LogP contribution >= 0.6 is 0 Å². The van der Waals surface area contributed by atoms with E-state index in [1.165, 1.54) is 7.11 Å². The summed E-state index contributed by atoms with van der Waals surface area (Å²) in [5, 5.41) is 9.84.